The number of rotatable bonds is 14. The molecule has 11 nitrogen and oxygen atoms in total. The Bertz CT molecular complexity index is 2040. The highest BCUT2D eigenvalue weighted by Gasteiger charge is 2.19. The monoisotopic (exact) mass is 655 g/mol. The Morgan fingerprint density at radius 2 is 1.79 bits per heavy atom. The van der Waals surface area contributed by atoms with Crippen LogP contribution in [0.2, 0.25) is 0 Å². The average molecular weight is 656 g/mol. The van der Waals surface area contributed by atoms with Gasteiger partial charge in [-0.15, -0.1) is 16.4 Å². The number of thiophene rings is 1. The van der Waals surface area contributed by atoms with Crippen LogP contribution in [0, 0.1) is 0 Å². The number of H-pyrrole nitrogens is 1. The molecule has 240 valence electrons. The lowest BCUT2D eigenvalue weighted by Crippen LogP contribution is -2.31. The van der Waals surface area contributed by atoms with E-state index in [4.69, 9.17) is 4.74 Å². The van der Waals surface area contributed by atoms with E-state index in [1.807, 2.05) is 103 Å². The molecule has 0 aliphatic rings. The summed E-state index contributed by atoms with van der Waals surface area (Å²) >= 11 is 1.65. The van der Waals surface area contributed by atoms with Crippen LogP contribution in [-0.4, -0.2) is 45.6 Å². The average Bonchev–Trinajstić information content (AvgIpc) is 3.96. The number of benzene rings is 3. The maximum absolute atomic E-state index is 13.3. The molecule has 0 aliphatic heterocycles. The van der Waals surface area contributed by atoms with Crippen LogP contribution in [0.4, 0.5) is 0 Å². The summed E-state index contributed by atoms with van der Waals surface area (Å²) in [6, 6.07) is 29.6. The van der Waals surface area contributed by atoms with Gasteiger partial charge in [0, 0.05) is 18.8 Å². The van der Waals surface area contributed by atoms with Gasteiger partial charge in [-0.2, -0.15) is 5.10 Å². The van der Waals surface area contributed by atoms with Crippen LogP contribution in [0.3, 0.4) is 0 Å². The minimum atomic E-state index is -0.369. The van der Waals surface area contributed by atoms with E-state index in [0.717, 1.165) is 44.5 Å². The number of nitrogens with zero attached hydrogens (tertiary/aromatic N) is 7. The topological polar surface area (TPSA) is 128 Å². The largest absolute Gasteiger partial charge is 0.489 e. The second-order valence-corrected chi connectivity index (χ2v) is 12.2. The number of amides is 1. The molecule has 0 saturated heterocycles. The molecule has 4 aromatic heterocycles. The second kappa shape index (κ2) is 14.7. The first-order chi connectivity index (χ1) is 23.7. The fourth-order valence-corrected chi connectivity index (χ4v) is 6.22. The first-order valence-electron chi connectivity index (χ1n) is 15.6. The molecule has 4 heterocycles. The van der Waals surface area contributed by atoms with Crippen LogP contribution < -0.4 is 10.1 Å². The molecule has 7 aromatic rings. The fraction of sp³-hybridized carbons (Fsp3) is 0.167. The smallest absolute Gasteiger partial charge is 0.220 e. The zero-order valence-corrected chi connectivity index (χ0v) is 26.8. The normalized spacial score (nSPS) is 11.8. The van der Waals surface area contributed by atoms with Crippen molar-refractivity contribution in [2.24, 2.45) is 0 Å². The van der Waals surface area contributed by atoms with Crippen molar-refractivity contribution in [3.05, 3.63) is 150 Å². The minimum absolute atomic E-state index is 0.0884. The summed E-state index contributed by atoms with van der Waals surface area (Å²) < 4.78 is 9.77. The molecule has 0 unspecified atom stereocenters. The third kappa shape index (κ3) is 7.56. The third-order valence-electron chi connectivity index (χ3n) is 7.90. The number of aromatic nitrogens is 8. The maximum Gasteiger partial charge on any atom is 0.220 e. The number of hydrogen-bond donors (Lipinski definition) is 2. The lowest BCUT2D eigenvalue weighted by atomic mass is 10.0. The van der Waals surface area contributed by atoms with Gasteiger partial charge in [0.2, 0.25) is 5.91 Å². The van der Waals surface area contributed by atoms with Crippen molar-refractivity contribution in [1.29, 1.82) is 0 Å². The first-order valence-corrected chi connectivity index (χ1v) is 16.5. The van der Waals surface area contributed by atoms with E-state index in [-0.39, 0.29) is 18.4 Å². The summed E-state index contributed by atoms with van der Waals surface area (Å²) in [6.07, 6.45) is 8.48. The van der Waals surface area contributed by atoms with Gasteiger partial charge in [-0.25, -0.2) is 14.6 Å². The van der Waals surface area contributed by atoms with E-state index in [1.54, 1.807) is 22.2 Å². The molecular formula is C36H33N9O2S. The molecule has 0 saturated carbocycles. The number of hydrogen-bond acceptors (Lipinski definition) is 8. The van der Waals surface area contributed by atoms with Crippen molar-refractivity contribution >= 4 is 17.2 Å². The van der Waals surface area contributed by atoms with Crippen LogP contribution in [0.25, 0.3) is 16.4 Å². The van der Waals surface area contributed by atoms with Gasteiger partial charge in [0.15, 0.2) is 0 Å². The lowest BCUT2D eigenvalue weighted by Gasteiger charge is -2.17. The summed E-state index contributed by atoms with van der Waals surface area (Å²) in [5, 5.41) is 21.0. The van der Waals surface area contributed by atoms with Gasteiger partial charge in [0.05, 0.1) is 29.3 Å². The highest BCUT2D eigenvalue weighted by Crippen LogP contribution is 2.24. The number of ether oxygens (including phenoxy) is 1. The molecule has 12 heteroatoms. The van der Waals surface area contributed by atoms with Crippen LogP contribution in [0.1, 0.15) is 40.7 Å². The van der Waals surface area contributed by atoms with Crippen molar-refractivity contribution in [3.8, 4) is 22.1 Å². The standard InChI is InChI=1S/C36H33N9O2S/c46-34(40-31(35-38-25-39-42-35)21-26-12-15-30(16-13-26)47-24-27-7-2-1-3-8-27)17-14-28-9-4-5-10-32(28)45-23-29(41-43-45)22-44-19-18-37-36(44)33-11-6-20-48-33/h1-13,15-16,18-20,23,25,31H,14,17,21-22,24H2,(H,40,46)(H,38,39,42)/t31-/m0/s1. The molecule has 0 fully saturated rings. The summed E-state index contributed by atoms with van der Waals surface area (Å²) in [5.74, 6) is 2.20. The van der Waals surface area contributed by atoms with Crippen molar-refractivity contribution in [1.82, 2.24) is 45.0 Å². The van der Waals surface area contributed by atoms with E-state index in [0.29, 0.717) is 31.8 Å². The van der Waals surface area contributed by atoms with Gasteiger partial charge in [0.1, 0.15) is 36.0 Å². The fourth-order valence-electron chi connectivity index (χ4n) is 5.49. The number of para-hydroxylation sites is 1. The molecule has 3 aromatic carbocycles. The van der Waals surface area contributed by atoms with Gasteiger partial charge in [-0.3, -0.25) is 9.89 Å². The molecule has 1 amide bonds. The Hall–Kier alpha value is -5.88. The SMILES string of the molecule is O=C(CCc1ccccc1-n1cc(Cn2ccnc2-c2cccs2)nn1)N[C@@H](Cc1ccc(OCc2ccccc2)cc1)c1ncn[nH]1. The molecule has 0 aliphatic carbocycles. The van der Waals surface area contributed by atoms with E-state index in [2.05, 4.69) is 46.4 Å². The van der Waals surface area contributed by atoms with E-state index < -0.39 is 0 Å². The van der Waals surface area contributed by atoms with Crippen molar-refractivity contribution < 1.29 is 9.53 Å². The lowest BCUT2D eigenvalue weighted by molar-refractivity contribution is -0.121. The zero-order valence-electron chi connectivity index (χ0n) is 26.0. The summed E-state index contributed by atoms with van der Waals surface area (Å²) in [5.41, 5.74) is 4.83. The highest BCUT2D eigenvalue weighted by atomic mass is 32.1. The minimum Gasteiger partial charge on any atom is -0.489 e. The number of carbonyl (C=O) groups excluding carboxylic acids is 1. The van der Waals surface area contributed by atoms with Gasteiger partial charge >= 0.3 is 0 Å². The van der Waals surface area contributed by atoms with Crippen LogP contribution in [0.15, 0.2) is 121 Å². The van der Waals surface area contributed by atoms with Crippen molar-refractivity contribution in [2.75, 3.05) is 0 Å². The Morgan fingerprint density at radius 3 is 2.60 bits per heavy atom. The Labute approximate surface area is 281 Å². The van der Waals surface area contributed by atoms with Crippen LogP contribution in [0.5, 0.6) is 5.75 Å². The summed E-state index contributed by atoms with van der Waals surface area (Å²) in [6.45, 7) is 1.05. The molecule has 48 heavy (non-hydrogen) atoms. The number of carbonyl (C=O) groups is 1. The van der Waals surface area contributed by atoms with Gasteiger partial charge in [-0.1, -0.05) is 71.9 Å². The quantitative estimate of drug-likeness (QED) is 0.148. The Morgan fingerprint density at radius 1 is 0.938 bits per heavy atom. The highest BCUT2D eigenvalue weighted by molar-refractivity contribution is 7.13. The maximum atomic E-state index is 13.3. The summed E-state index contributed by atoms with van der Waals surface area (Å²) in [4.78, 5) is 23.3. The second-order valence-electron chi connectivity index (χ2n) is 11.3. The number of nitrogens with one attached hydrogen (secondary N) is 2. The number of imidazole rings is 1. The van der Waals surface area contributed by atoms with Gasteiger partial charge < -0.3 is 14.6 Å². The van der Waals surface area contributed by atoms with E-state index >= 15 is 0 Å². The van der Waals surface area contributed by atoms with Gasteiger partial charge in [-0.05, 0) is 59.2 Å². The predicted molar refractivity (Wildman–Crippen MR) is 183 cm³/mol. The Balaban J connectivity index is 0.975. The van der Waals surface area contributed by atoms with Crippen LogP contribution in [-0.2, 0) is 30.8 Å². The number of aryl methyl sites for hydroxylation is 1. The van der Waals surface area contributed by atoms with E-state index in [1.165, 1.54) is 6.33 Å². The molecule has 0 bridgehead atoms. The van der Waals surface area contributed by atoms with E-state index in [9.17, 15) is 4.79 Å². The molecular weight excluding hydrogens is 623 g/mol. The molecule has 2 N–H and O–H groups in total. The van der Waals surface area contributed by atoms with Crippen molar-refractivity contribution in [3.63, 3.8) is 0 Å². The third-order valence-corrected chi connectivity index (χ3v) is 8.77. The van der Waals surface area contributed by atoms with Crippen LogP contribution >= 0.6 is 11.3 Å². The number of aromatic amines is 1. The molecule has 0 spiro atoms. The Kier molecular flexibility index (Phi) is 9.41. The van der Waals surface area contributed by atoms with Gasteiger partial charge in [0.25, 0.3) is 0 Å². The first kappa shape index (κ1) is 30.8. The van der Waals surface area contributed by atoms with Crippen molar-refractivity contribution in [2.45, 2.75) is 38.5 Å². The molecule has 0 radical (unpaired) electrons. The molecule has 1 atom stereocenters. The molecule has 7 rings (SSSR count). The zero-order chi connectivity index (χ0) is 32.5. The summed E-state index contributed by atoms with van der Waals surface area (Å²) in [7, 11) is 0. The predicted octanol–water partition coefficient (Wildman–Crippen LogP) is 5.97.